The van der Waals surface area contributed by atoms with Crippen molar-refractivity contribution in [3.63, 3.8) is 0 Å². The van der Waals surface area contributed by atoms with E-state index in [1.54, 1.807) is 0 Å². The first-order valence-corrected chi connectivity index (χ1v) is 13.7. The number of rotatable bonds is 1. The molecule has 10 heteroatoms. The molecular weight excluding hydrogens is 506 g/mol. The Kier molecular flexibility index (Phi) is 17.6. The second-order valence-corrected chi connectivity index (χ2v) is 8.60. The standard InChI is InChI=1S/C29H43NO9/c1-2-4-26(5-3-1)27-22-28-24-38-20-18-36-16-14-34-12-10-32-8-6-31-7-9-33-11-13-35-15-17-37-19-21-39-25-29(23-27)30-28/h1-5,22-23H,6-21,24-25H2. The fourth-order valence-electron chi connectivity index (χ4n) is 3.61. The molecule has 2 heterocycles. The molecule has 0 amide bonds. The highest BCUT2D eigenvalue weighted by Gasteiger charge is 2.07. The van der Waals surface area contributed by atoms with Crippen LogP contribution in [0.1, 0.15) is 11.4 Å². The van der Waals surface area contributed by atoms with Crippen LogP contribution in [-0.2, 0) is 55.8 Å². The first kappa shape index (κ1) is 31.5. The summed E-state index contributed by atoms with van der Waals surface area (Å²) in [6, 6.07) is 14.3. The molecule has 1 aliphatic rings. The minimum absolute atomic E-state index is 0.392. The number of hydrogen-bond acceptors (Lipinski definition) is 10. The SMILES string of the molecule is c1ccc(-c2cc3nc(c2)COCCOCCOCCOCCOCCOCCOCCOCCOC3)cc1. The maximum absolute atomic E-state index is 5.82. The van der Waals surface area contributed by atoms with Crippen molar-refractivity contribution >= 4 is 0 Å². The number of ether oxygens (including phenoxy) is 9. The Balaban J connectivity index is 1.44. The molecular formula is C29H43NO9. The fourth-order valence-corrected chi connectivity index (χ4v) is 3.61. The summed E-state index contributed by atoms with van der Waals surface area (Å²) in [6.45, 7) is 8.90. The highest BCUT2D eigenvalue weighted by atomic mass is 16.6. The molecule has 2 aromatic rings. The molecule has 0 saturated carbocycles. The number of nitrogens with zero attached hydrogens (tertiary/aromatic N) is 1. The molecule has 0 N–H and O–H groups in total. The topological polar surface area (TPSA) is 96.0 Å². The number of fused-ring (bicyclic) bond motifs is 2. The van der Waals surface area contributed by atoms with Crippen molar-refractivity contribution in [2.24, 2.45) is 0 Å². The molecule has 0 spiro atoms. The molecule has 3 rings (SSSR count). The third-order valence-electron chi connectivity index (χ3n) is 5.51. The van der Waals surface area contributed by atoms with Crippen molar-refractivity contribution in [1.82, 2.24) is 4.98 Å². The first-order valence-electron chi connectivity index (χ1n) is 13.7. The van der Waals surface area contributed by atoms with Crippen molar-refractivity contribution in [1.29, 1.82) is 0 Å². The molecule has 1 aromatic heterocycles. The molecule has 0 radical (unpaired) electrons. The van der Waals surface area contributed by atoms with Gasteiger partial charge in [0.15, 0.2) is 0 Å². The van der Waals surface area contributed by atoms with E-state index in [2.05, 4.69) is 24.3 Å². The number of benzene rings is 1. The minimum atomic E-state index is 0.392. The predicted molar refractivity (Wildman–Crippen MR) is 145 cm³/mol. The van der Waals surface area contributed by atoms with Gasteiger partial charge in [0.05, 0.1) is 130 Å². The van der Waals surface area contributed by atoms with Gasteiger partial charge in [-0.15, -0.1) is 0 Å². The molecule has 0 unspecified atom stereocenters. The van der Waals surface area contributed by atoms with E-state index in [1.165, 1.54) is 0 Å². The Morgan fingerprint density at radius 1 is 0.359 bits per heavy atom. The summed E-state index contributed by atoms with van der Waals surface area (Å²) in [7, 11) is 0. The average molecular weight is 550 g/mol. The van der Waals surface area contributed by atoms with Crippen molar-refractivity contribution < 1.29 is 42.6 Å². The van der Waals surface area contributed by atoms with E-state index in [4.69, 9.17) is 47.6 Å². The number of aromatic nitrogens is 1. The van der Waals surface area contributed by atoms with Gasteiger partial charge in [-0.05, 0) is 23.3 Å². The van der Waals surface area contributed by atoms with Gasteiger partial charge in [0.25, 0.3) is 0 Å². The number of hydrogen-bond donors (Lipinski definition) is 0. The molecule has 0 aliphatic carbocycles. The highest BCUT2D eigenvalue weighted by Crippen LogP contribution is 2.21. The van der Waals surface area contributed by atoms with E-state index in [0.717, 1.165) is 22.5 Å². The molecule has 1 aromatic carbocycles. The van der Waals surface area contributed by atoms with Crippen molar-refractivity contribution in [2.75, 3.05) is 106 Å². The summed E-state index contributed by atoms with van der Waals surface area (Å²) in [6.07, 6.45) is 0. The van der Waals surface area contributed by atoms with Gasteiger partial charge in [0.1, 0.15) is 0 Å². The van der Waals surface area contributed by atoms with E-state index in [0.29, 0.717) is 119 Å². The Labute approximate surface area is 231 Å². The van der Waals surface area contributed by atoms with Gasteiger partial charge in [-0.2, -0.15) is 0 Å². The Hall–Kier alpha value is -1.99. The van der Waals surface area contributed by atoms with Gasteiger partial charge >= 0.3 is 0 Å². The molecule has 2 bridgehead atoms. The lowest BCUT2D eigenvalue weighted by Gasteiger charge is -2.11. The van der Waals surface area contributed by atoms with Crippen LogP contribution in [-0.4, -0.2) is 111 Å². The van der Waals surface area contributed by atoms with E-state index < -0.39 is 0 Å². The average Bonchev–Trinajstić information content (AvgIpc) is 2.96. The molecule has 218 valence electrons. The third kappa shape index (κ3) is 15.4. The van der Waals surface area contributed by atoms with Crippen molar-refractivity contribution in [2.45, 2.75) is 13.2 Å². The zero-order chi connectivity index (χ0) is 27.1. The van der Waals surface area contributed by atoms with E-state index in [1.807, 2.05) is 18.2 Å². The zero-order valence-corrected chi connectivity index (χ0v) is 22.9. The fraction of sp³-hybridized carbons (Fsp3) is 0.621. The van der Waals surface area contributed by atoms with Crippen LogP contribution in [0.4, 0.5) is 0 Å². The van der Waals surface area contributed by atoms with Gasteiger partial charge < -0.3 is 42.6 Å². The number of pyridine rings is 1. The summed E-state index contributed by atoms with van der Waals surface area (Å²) >= 11 is 0. The minimum Gasteiger partial charge on any atom is -0.377 e. The maximum Gasteiger partial charge on any atom is 0.0889 e. The van der Waals surface area contributed by atoms with Crippen molar-refractivity contribution in [3.8, 4) is 11.1 Å². The Bertz CT molecular complexity index is 810. The van der Waals surface area contributed by atoms with Crippen LogP contribution in [0.5, 0.6) is 0 Å². The zero-order valence-electron chi connectivity index (χ0n) is 22.9. The van der Waals surface area contributed by atoms with Gasteiger partial charge in [-0.3, -0.25) is 4.98 Å². The summed E-state index contributed by atoms with van der Waals surface area (Å²) < 4.78 is 50.3. The Morgan fingerprint density at radius 2 is 0.667 bits per heavy atom. The second-order valence-electron chi connectivity index (χ2n) is 8.60. The van der Waals surface area contributed by atoms with E-state index in [9.17, 15) is 0 Å². The maximum atomic E-state index is 5.82. The molecule has 0 atom stereocenters. The molecule has 0 saturated heterocycles. The van der Waals surface area contributed by atoms with Gasteiger partial charge in [-0.1, -0.05) is 30.3 Å². The smallest absolute Gasteiger partial charge is 0.0889 e. The highest BCUT2D eigenvalue weighted by molar-refractivity contribution is 5.63. The normalized spacial score (nSPS) is 20.1. The van der Waals surface area contributed by atoms with Crippen LogP contribution in [0, 0.1) is 0 Å². The van der Waals surface area contributed by atoms with Crippen LogP contribution < -0.4 is 0 Å². The van der Waals surface area contributed by atoms with Crippen LogP contribution in [0.15, 0.2) is 42.5 Å². The quantitative estimate of drug-likeness (QED) is 0.528. The lowest BCUT2D eigenvalue weighted by molar-refractivity contribution is -0.0260. The monoisotopic (exact) mass is 549 g/mol. The molecule has 1 aliphatic heterocycles. The summed E-state index contributed by atoms with van der Waals surface area (Å²) in [5.41, 5.74) is 3.90. The van der Waals surface area contributed by atoms with Crippen LogP contribution >= 0.6 is 0 Å². The predicted octanol–water partition coefficient (Wildman–Crippen LogP) is 2.91. The van der Waals surface area contributed by atoms with Gasteiger partial charge in [0, 0.05) is 0 Å². The second kappa shape index (κ2) is 21.8. The van der Waals surface area contributed by atoms with Crippen LogP contribution in [0.2, 0.25) is 0 Å². The third-order valence-corrected chi connectivity index (χ3v) is 5.51. The van der Waals surface area contributed by atoms with E-state index in [-0.39, 0.29) is 0 Å². The molecule has 39 heavy (non-hydrogen) atoms. The lowest BCUT2D eigenvalue weighted by atomic mass is 10.0. The van der Waals surface area contributed by atoms with Crippen molar-refractivity contribution in [3.05, 3.63) is 53.9 Å². The van der Waals surface area contributed by atoms with E-state index >= 15 is 0 Å². The molecule has 10 nitrogen and oxygen atoms in total. The van der Waals surface area contributed by atoms with Gasteiger partial charge in [0.2, 0.25) is 0 Å². The van der Waals surface area contributed by atoms with Crippen LogP contribution in [0.25, 0.3) is 11.1 Å². The molecule has 0 fully saturated rings. The van der Waals surface area contributed by atoms with Crippen LogP contribution in [0.3, 0.4) is 0 Å². The summed E-state index contributed by atoms with van der Waals surface area (Å²) in [5.74, 6) is 0. The Morgan fingerprint density at radius 3 is 1.00 bits per heavy atom. The summed E-state index contributed by atoms with van der Waals surface area (Å²) in [5, 5.41) is 0. The largest absolute Gasteiger partial charge is 0.377 e. The summed E-state index contributed by atoms with van der Waals surface area (Å²) in [4.78, 5) is 4.73. The van der Waals surface area contributed by atoms with Gasteiger partial charge in [-0.25, -0.2) is 0 Å². The first-order chi connectivity index (χ1) is 19.4. The lowest BCUT2D eigenvalue weighted by Crippen LogP contribution is -2.15.